The molecule has 0 fully saturated rings. The summed E-state index contributed by atoms with van der Waals surface area (Å²) in [4.78, 5) is 8.38. The van der Waals surface area contributed by atoms with Crippen LogP contribution in [-0.4, -0.2) is 9.97 Å². The monoisotopic (exact) mass is 302 g/mol. The van der Waals surface area contributed by atoms with Crippen molar-refractivity contribution in [2.45, 2.75) is 45.1 Å². The van der Waals surface area contributed by atoms with Gasteiger partial charge in [-0.3, -0.25) is 0 Å². The van der Waals surface area contributed by atoms with E-state index in [0.29, 0.717) is 11.0 Å². The zero-order valence-electron chi connectivity index (χ0n) is 12.3. The van der Waals surface area contributed by atoms with Crippen molar-refractivity contribution in [2.75, 3.05) is 0 Å². The first-order chi connectivity index (χ1) is 10.2. The van der Waals surface area contributed by atoms with Gasteiger partial charge in [0, 0.05) is 0 Å². The van der Waals surface area contributed by atoms with E-state index >= 15 is 0 Å². The number of benzene rings is 1. The summed E-state index contributed by atoms with van der Waals surface area (Å²) in [7, 11) is 0. The molecule has 0 amide bonds. The highest BCUT2D eigenvalue weighted by molar-refractivity contribution is 6.30. The molecule has 3 rings (SSSR count). The van der Waals surface area contributed by atoms with E-state index in [1.54, 1.807) is 0 Å². The summed E-state index contributed by atoms with van der Waals surface area (Å²) >= 11 is 6.21. The zero-order chi connectivity index (χ0) is 14.8. The first kappa shape index (κ1) is 14.3. The topological polar surface area (TPSA) is 35.0 Å². The first-order valence-electron chi connectivity index (χ1n) is 7.41. The average molecular weight is 303 g/mol. The van der Waals surface area contributed by atoms with Crippen LogP contribution in [0.25, 0.3) is 0 Å². The molecule has 0 bridgehead atoms. The largest absolute Gasteiger partial charge is 0.469 e. The highest BCUT2D eigenvalue weighted by Gasteiger charge is 2.24. The molecule has 0 saturated carbocycles. The molecule has 1 unspecified atom stereocenters. The summed E-state index contributed by atoms with van der Waals surface area (Å²) in [5.41, 5.74) is 3.54. The molecule has 3 nitrogen and oxygen atoms in total. The van der Waals surface area contributed by atoms with Gasteiger partial charge in [0.15, 0.2) is 0 Å². The van der Waals surface area contributed by atoms with Crippen LogP contribution in [0.3, 0.4) is 0 Å². The van der Waals surface area contributed by atoms with Gasteiger partial charge in [0.05, 0.1) is 5.56 Å². The van der Waals surface area contributed by atoms with E-state index in [1.807, 2.05) is 0 Å². The normalized spacial score (nSPS) is 17.6. The van der Waals surface area contributed by atoms with E-state index in [1.165, 1.54) is 17.5 Å². The van der Waals surface area contributed by atoms with Crippen molar-refractivity contribution in [1.29, 1.82) is 0 Å². The Morgan fingerprint density at radius 2 is 2.05 bits per heavy atom. The Labute approximate surface area is 130 Å². The van der Waals surface area contributed by atoms with Crippen molar-refractivity contribution in [3.05, 3.63) is 52.4 Å². The second-order valence-electron chi connectivity index (χ2n) is 5.74. The Hall–Kier alpha value is -1.61. The maximum absolute atomic E-state index is 6.22. The molecule has 1 aliphatic carbocycles. The van der Waals surface area contributed by atoms with E-state index < -0.39 is 0 Å². The van der Waals surface area contributed by atoms with Crippen LogP contribution in [0, 0.1) is 0 Å². The standard InChI is InChI=1S/C17H19ClN2O/c1-11(2)15-16(18)19-10-20-17(15)21-14-9-5-7-12-6-3-4-8-13(12)14/h3-4,6,8,10-11,14H,5,7,9H2,1-2H3. The van der Waals surface area contributed by atoms with Gasteiger partial charge in [-0.1, -0.05) is 49.7 Å². The van der Waals surface area contributed by atoms with E-state index in [0.717, 1.165) is 24.8 Å². The first-order valence-corrected chi connectivity index (χ1v) is 7.79. The third-order valence-corrected chi connectivity index (χ3v) is 4.25. The molecular weight excluding hydrogens is 284 g/mol. The lowest BCUT2D eigenvalue weighted by Gasteiger charge is -2.27. The van der Waals surface area contributed by atoms with E-state index in [9.17, 15) is 0 Å². The van der Waals surface area contributed by atoms with Crippen LogP contribution < -0.4 is 4.74 Å². The second kappa shape index (κ2) is 6.02. The molecule has 1 aliphatic rings. The third kappa shape index (κ3) is 2.88. The van der Waals surface area contributed by atoms with Gasteiger partial charge in [0.25, 0.3) is 0 Å². The maximum Gasteiger partial charge on any atom is 0.222 e. The number of ether oxygens (including phenoxy) is 1. The Bertz CT molecular complexity index is 642. The van der Waals surface area contributed by atoms with Crippen LogP contribution in [0.1, 0.15) is 55.4 Å². The quantitative estimate of drug-likeness (QED) is 0.770. The lowest BCUT2D eigenvalue weighted by atomic mass is 9.89. The molecule has 0 radical (unpaired) electrons. The van der Waals surface area contributed by atoms with Gasteiger partial charge < -0.3 is 4.74 Å². The van der Waals surface area contributed by atoms with Crippen LogP contribution in [0.2, 0.25) is 5.15 Å². The Morgan fingerprint density at radius 1 is 1.24 bits per heavy atom. The fraction of sp³-hybridized carbons (Fsp3) is 0.412. The second-order valence-corrected chi connectivity index (χ2v) is 6.09. The minimum atomic E-state index is 0.0541. The summed E-state index contributed by atoms with van der Waals surface area (Å²) in [5.74, 6) is 0.847. The molecule has 0 saturated heterocycles. The lowest BCUT2D eigenvalue weighted by Crippen LogP contribution is -2.16. The smallest absolute Gasteiger partial charge is 0.222 e. The van der Waals surface area contributed by atoms with Crippen molar-refractivity contribution in [3.63, 3.8) is 0 Å². The number of fused-ring (bicyclic) bond motifs is 1. The van der Waals surface area contributed by atoms with Gasteiger partial charge in [-0.2, -0.15) is 0 Å². The molecule has 4 heteroatoms. The molecule has 110 valence electrons. The molecule has 0 spiro atoms. The van der Waals surface area contributed by atoms with Crippen molar-refractivity contribution in [3.8, 4) is 5.88 Å². The van der Waals surface area contributed by atoms with Crippen LogP contribution in [0.5, 0.6) is 5.88 Å². The summed E-state index contributed by atoms with van der Waals surface area (Å²) in [6.07, 6.45) is 4.79. The van der Waals surface area contributed by atoms with Gasteiger partial charge in [0.2, 0.25) is 5.88 Å². The van der Waals surface area contributed by atoms with Crippen LogP contribution >= 0.6 is 11.6 Å². The number of halogens is 1. The Balaban J connectivity index is 1.94. The molecule has 1 heterocycles. The molecule has 21 heavy (non-hydrogen) atoms. The minimum absolute atomic E-state index is 0.0541. The lowest BCUT2D eigenvalue weighted by molar-refractivity contribution is 0.173. The number of aryl methyl sites for hydroxylation is 1. The fourth-order valence-corrected chi connectivity index (χ4v) is 3.25. The minimum Gasteiger partial charge on any atom is -0.469 e. The van der Waals surface area contributed by atoms with Crippen LogP contribution in [0.15, 0.2) is 30.6 Å². The highest BCUT2D eigenvalue weighted by Crippen LogP contribution is 2.36. The third-order valence-electron chi connectivity index (χ3n) is 3.94. The highest BCUT2D eigenvalue weighted by atomic mass is 35.5. The molecule has 1 aromatic heterocycles. The molecular formula is C17H19ClN2O. The van der Waals surface area contributed by atoms with Crippen molar-refractivity contribution < 1.29 is 4.74 Å². The van der Waals surface area contributed by atoms with Crippen LogP contribution in [-0.2, 0) is 6.42 Å². The molecule has 0 N–H and O–H groups in total. The average Bonchev–Trinajstić information content (AvgIpc) is 2.47. The van der Waals surface area contributed by atoms with Crippen molar-refractivity contribution in [2.24, 2.45) is 0 Å². The molecule has 0 aliphatic heterocycles. The summed E-state index contributed by atoms with van der Waals surface area (Å²) in [5, 5.41) is 0.485. The van der Waals surface area contributed by atoms with Crippen molar-refractivity contribution >= 4 is 11.6 Å². The number of hydrogen-bond acceptors (Lipinski definition) is 3. The fourth-order valence-electron chi connectivity index (χ4n) is 2.90. The molecule has 2 aromatic rings. The predicted molar refractivity (Wildman–Crippen MR) is 83.9 cm³/mol. The summed E-state index contributed by atoms with van der Waals surface area (Å²) < 4.78 is 6.22. The number of aromatic nitrogens is 2. The van der Waals surface area contributed by atoms with Gasteiger partial charge in [0.1, 0.15) is 17.6 Å². The molecule has 1 atom stereocenters. The molecule has 1 aromatic carbocycles. The summed E-state index contributed by atoms with van der Waals surface area (Å²) in [6, 6.07) is 8.48. The van der Waals surface area contributed by atoms with Crippen LogP contribution in [0.4, 0.5) is 0 Å². The maximum atomic E-state index is 6.22. The van der Waals surface area contributed by atoms with Gasteiger partial charge in [-0.05, 0) is 36.3 Å². The van der Waals surface area contributed by atoms with E-state index in [4.69, 9.17) is 16.3 Å². The number of hydrogen-bond donors (Lipinski definition) is 0. The zero-order valence-corrected chi connectivity index (χ0v) is 13.1. The van der Waals surface area contributed by atoms with Gasteiger partial charge >= 0.3 is 0 Å². The van der Waals surface area contributed by atoms with Crippen molar-refractivity contribution in [1.82, 2.24) is 9.97 Å². The van der Waals surface area contributed by atoms with E-state index in [2.05, 4.69) is 48.1 Å². The van der Waals surface area contributed by atoms with Gasteiger partial charge in [-0.15, -0.1) is 0 Å². The SMILES string of the molecule is CC(C)c1c(Cl)ncnc1OC1CCCc2ccccc21. The number of rotatable bonds is 3. The summed E-state index contributed by atoms with van der Waals surface area (Å²) in [6.45, 7) is 4.15. The van der Waals surface area contributed by atoms with E-state index in [-0.39, 0.29) is 12.0 Å². The Kier molecular flexibility index (Phi) is 4.11. The van der Waals surface area contributed by atoms with Gasteiger partial charge in [-0.25, -0.2) is 9.97 Å². The predicted octanol–water partition coefficient (Wildman–Crippen LogP) is 4.71. The Morgan fingerprint density at radius 3 is 2.86 bits per heavy atom. The number of nitrogens with zero attached hydrogens (tertiary/aromatic N) is 2.